The lowest BCUT2D eigenvalue weighted by Crippen LogP contribution is -2.53. The Labute approximate surface area is 215 Å². The van der Waals surface area contributed by atoms with Crippen LogP contribution in [-0.4, -0.2) is 28.7 Å². The minimum Gasteiger partial charge on any atom is -0.361 e. The van der Waals surface area contributed by atoms with Crippen LogP contribution in [0.4, 0.5) is 11.4 Å². The standard InChI is InChI=1S/C28H21BrN4O3/c29-16-10-11-21-19(13-16)28(27(36)31-21)24-23(25(34)33(26(24)35)17-6-2-1-3-7-17)22(32-28)12-15-14-30-20-9-5-4-8-18(15)20/h1-11,13-14,22-24,30,32H,12H2,(H,31,36). The molecule has 3 aliphatic heterocycles. The number of imide groups is 1. The van der Waals surface area contributed by atoms with Crippen molar-refractivity contribution in [2.24, 2.45) is 11.8 Å². The molecular weight excluding hydrogens is 520 g/mol. The normalized spacial score (nSPS) is 26.6. The van der Waals surface area contributed by atoms with Crippen LogP contribution < -0.4 is 15.5 Å². The average molecular weight is 541 g/mol. The Balaban J connectivity index is 1.39. The highest BCUT2D eigenvalue weighted by molar-refractivity contribution is 9.10. The molecule has 0 aliphatic carbocycles. The van der Waals surface area contributed by atoms with Crippen molar-refractivity contribution in [1.29, 1.82) is 0 Å². The van der Waals surface area contributed by atoms with Gasteiger partial charge in [-0.05, 0) is 48.4 Å². The van der Waals surface area contributed by atoms with Gasteiger partial charge in [0.1, 0.15) is 5.54 Å². The second-order valence-corrected chi connectivity index (χ2v) is 10.5. The van der Waals surface area contributed by atoms with Crippen molar-refractivity contribution in [3.63, 3.8) is 0 Å². The molecule has 3 aliphatic rings. The van der Waals surface area contributed by atoms with Crippen molar-refractivity contribution >= 4 is 55.9 Å². The molecule has 3 N–H and O–H groups in total. The highest BCUT2D eigenvalue weighted by atomic mass is 79.9. The van der Waals surface area contributed by atoms with Crippen LogP contribution in [0.3, 0.4) is 0 Å². The first-order valence-corrected chi connectivity index (χ1v) is 12.7. The maximum absolute atomic E-state index is 14.0. The lowest BCUT2D eigenvalue weighted by molar-refractivity contribution is -0.130. The van der Waals surface area contributed by atoms with E-state index in [1.807, 2.05) is 54.7 Å². The topological polar surface area (TPSA) is 94.3 Å². The lowest BCUT2D eigenvalue weighted by Gasteiger charge is -2.29. The van der Waals surface area contributed by atoms with Gasteiger partial charge in [0.25, 0.3) is 0 Å². The summed E-state index contributed by atoms with van der Waals surface area (Å²) in [5.41, 5.74) is 2.57. The van der Waals surface area contributed by atoms with E-state index in [4.69, 9.17) is 0 Å². The zero-order chi connectivity index (χ0) is 24.6. The first kappa shape index (κ1) is 21.5. The molecule has 4 aromatic rings. The van der Waals surface area contributed by atoms with Gasteiger partial charge < -0.3 is 10.3 Å². The Morgan fingerprint density at radius 2 is 1.69 bits per heavy atom. The number of H-pyrrole nitrogens is 1. The van der Waals surface area contributed by atoms with Crippen LogP contribution in [0, 0.1) is 11.8 Å². The summed E-state index contributed by atoms with van der Waals surface area (Å²) in [7, 11) is 0. The van der Waals surface area contributed by atoms with Gasteiger partial charge in [0.2, 0.25) is 17.7 Å². The van der Waals surface area contributed by atoms with Gasteiger partial charge in [-0.2, -0.15) is 0 Å². The highest BCUT2D eigenvalue weighted by Crippen LogP contribution is 2.54. The number of rotatable bonds is 3. The Morgan fingerprint density at radius 3 is 2.53 bits per heavy atom. The number of fused-ring (bicyclic) bond motifs is 5. The van der Waals surface area contributed by atoms with E-state index in [-0.39, 0.29) is 17.7 Å². The predicted octanol–water partition coefficient (Wildman–Crippen LogP) is 4.10. The number of aromatic amines is 1. The number of nitrogens with one attached hydrogen (secondary N) is 3. The number of nitrogens with zero attached hydrogens (tertiary/aromatic N) is 1. The molecule has 0 saturated carbocycles. The Morgan fingerprint density at radius 1 is 0.917 bits per heavy atom. The summed E-state index contributed by atoms with van der Waals surface area (Å²) < 4.78 is 0.798. The maximum atomic E-state index is 14.0. The van der Waals surface area contributed by atoms with Crippen LogP contribution in [0.5, 0.6) is 0 Å². The largest absolute Gasteiger partial charge is 0.361 e. The zero-order valence-electron chi connectivity index (χ0n) is 19.0. The number of hydrogen-bond donors (Lipinski definition) is 3. The summed E-state index contributed by atoms with van der Waals surface area (Å²) >= 11 is 3.52. The SMILES string of the molecule is O=C1C2C(Cc3c[nH]c4ccccc34)NC3(C(=O)Nc4ccc(Br)cc43)C2C(=O)N1c1ccccc1. The monoisotopic (exact) mass is 540 g/mol. The summed E-state index contributed by atoms with van der Waals surface area (Å²) in [5, 5.41) is 7.54. The quantitative estimate of drug-likeness (QED) is 0.341. The van der Waals surface area contributed by atoms with E-state index in [2.05, 4.69) is 31.5 Å². The van der Waals surface area contributed by atoms with Gasteiger partial charge in [-0.15, -0.1) is 0 Å². The van der Waals surface area contributed by atoms with Crippen LogP contribution >= 0.6 is 15.9 Å². The molecule has 4 heterocycles. The van der Waals surface area contributed by atoms with E-state index in [0.29, 0.717) is 23.4 Å². The molecule has 178 valence electrons. The summed E-state index contributed by atoms with van der Waals surface area (Å²) in [6, 6.07) is 22.1. The summed E-state index contributed by atoms with van der Waals surface area (Å²) in [5.74, 6) is -2.49. The van der Waals surface area contributed by atoms with Crippen molar-refractivity contribution in [3.05, 3.63) is 94.6 Å². The third kappa shape index (κ3) is 2.79. The van der Waals surface area contributed by atoms with Crippen molar-refractivity contribution in [2.45, 2.75) is 18.0 Å². The molecule has 2 fully saturated rings. The number of anilines is 2. The van der Waals surface area contributed by atoms with Gasteiger partial charge in [0.05, 0.1) is 17.5 Å². The van der Waals surface area contributed by atoms with Crippen molar-refractivity contribution in [3.8, 4) is 0 Å². The first-order valence-electron chi connectivity index (χ1n) is 11.9. The fourth-order valence-corrected chi connectivity index (χ4v) is 6.68. The summed E-state index contributed by atoms with van der Waals surface area (Å²) in [6.07, 6.45) is 2.44. The Hall–Kier alpha value is -3.75. The van der Waals surface area contributed by atoms with E-state index in [1.165, 1.54) is 4.90 Å². The average Bonchev–Trinajstić information content (AvgIpc) is 3.59. The summed E-state index contributed by atoms with van der Waals surface area (Å²) in [4.78, 5) is 46.2. The molecule has 1 aromatic heterocycles. The fraction of sp³-hybridized carbons (Fsp3) is 0.179. The van der Waals surface area contributed by atoms with Crippen molar-refractivity contribution < 1.29 is 14.4 Å². The van der Waals surface area contributed by atoms with Crippen molar-refractivity contribution in [2.75, 3.05) is 10.2 Å². The maximum Gasteiger partial charge on any atom is 0.250 e. The third-order valence-electron chi connectivity index (χ3n) is 7.81. The highest BCUT2D eigenvalue weighted by Gasteiger charge is 2.70. The third-order valence-corrected chi connectivity index (χ3v) is 8.30. The van der Waals surface area contributed by atoms with Crippen LogP contribution in [-0.2, 0) is 26.3 Å². The Bertz CT molecular complexity index is 1580. The minimum atomic E-state index is -1.34. The zero-order valence-corrected chi connectivity index (χ0v) is 20.6. The molecular formula is C28H21BrN4O3. The number of halogens is 1. The number of hydrogen-bond acceptors (Lipinski definition) is 4. The van der Waals surface area contributed by atoms with Crippen LogP contribution in [0.1, 0.15) is 11.1 Å². The van der Waals surface area contributed by atoms with E-state index in [9.17, 15) is 14.4 Å². The Kier molecular flexibility index (Phi) is 4.56. The van der Waals surface area contributed by atoms with Crippen LogP contribution in [0.15, 0.2) is 83.5 Å². The molecule has 0 bridgehead atoms. The van der Waals surface area contributed by atoms with Gasteiger partial charge in [0, 0.05) is 38.9 Å². The number of para-hydroxylation sites is 2. The number of benzene rings is 3. The number of carbonyl (C=O) groups is 3. The molecule has 3 aromatic carbocycles. The van der Waals surface area contributed by atoms with E-state index < -0.39 is 23.4 Å². The molecule has 0 radical (unpaired) electrons. The van der Waals surface area contributed by atoms with Gasteiger partial charge in [0.15, 0.2) is 0 Å². The molecule has 3 amide bonds. The molecule has 4 unspecified atom stereocenters. The fourth-order valence-electron chi connectivity index (χ4n) is 6.32. The molecule has 4 atom stereocenters. The second-order valence-electron chi connectivity index (χ2n) is 9.62. The van der Waals surface area contributed by atoms with Crippen LogP contribution in [0.2, 0.25) is 0 Å². The molecule has 8 heteroatoms. The van der Waals surface area contributed by atoms with E-state index >= 15 is 0 Å². The molecule has 7 rings (SSSR count). The van der Waals surface area contributed by atoms with E-state index in [0.717, 1.165) is 20.9 Å². The van der Waals surface area contributed by atoms with Gasteiger partial charge in [-0.25, -0.2) is 4.90 Å². The first-order chi connectivity index (χ1) is 17.5. The lowest BCUT2D eigenvalue weighted by atomic mass is 9.76. The smallest absolute Gasteiger partial charge is 0.250 e. The minimum absolute atomic E-state index is 0.276. The van der Waals surface area contributed by atoms with Gasteiger partial charge >= 0.3 is 0 Å². The number of aromatic nitrogens is 1. The molecule has 36 heavy (non-hydrogen) atoms. The predicted molar refractivity (Wildman–Crippen MR) is 139 cm³/mol. The second kappa shape index (κ2) is 7.62. The molecule has 2 saturated heterocycles. The van der Waals surface area contributed by atoms with E-state index in [1.54, 1.807) is 24.3 Å². The van der Waals surface area contributed by atoms with Crippen molar-refractivity contribution in [1.82, 2.24) is 10.3 Å². The number of amides is 3. The van der Waals surface area contributed by atoms with Gasteiger partial charge in [-0.3, -0.25) is 19.7 Å². The molecule has 7 nitrogen and oxygen atoms in total. The summed E-state index contributed by atoms with van der Waals surface area (Å²) in [6.45, 7) is 0. The molecule has 1 spiro atoms. The number of carbonyl (C=O) groups excluding carboxylic acids is 3. The van der Waals surface area contributed by atoms with Gasteiger partial charge in [-0.1, -0.05) is 52.3 Å². The van der Waals surface area contributed by atoms with Crippen LogP contribution in [0.25, 0.3) is 10.9 Å².